The summed E-state index contributed by atoms with van der Waals surface area (Å²) in [5, 5.41) is 0. The molecule has 0 N–H and O–H groups in total. The highest BCUT2D eigenvalue weighted by Gasteiger charge is 2.36. The van der Waals surface area contributed by atoms with E-state index in [4.69, 9.17) is 0 Å². The number of methoxy groups -OCH3 is 1. The van der Waals surface area contributed by atoms with E-state index in [9.17, 15) is 4.79 Å². The molecule has 2 aliphatic heterocycles. The molecule has 60 valence electrons. The van der Waals surface area contributed by atoms with Crippen molar-refractivity contribution in [3.05, 3.63) is 11.8 Å². The third-order valence-electron chi connectivity index (χ3n) is 2.43. The minimum atomic E-state index is -0.188. The second-order valence-electron chi connectivity index (χ2n) is 2.95. The van der Waals surface area contributed by atoms with Crippen LogP contribution in [0.15, 0.2) is 11.8 Å². The molecule has 1 saturated heterocycles. The Morgan fingerprint density at radius 2 is 2.64 bits per heavy atom. The van der Waals surface area contributed by atoms with Crippen molar-refractivity contribution in [2.24, 2.45) is 0 Å². The third kappa shape index (κ3) is 0.836. The van der Waals surface area contributed by atoms with E-state index in [1.54, 1.807) is 0 Å². The lowest BCUT2D eigenvalue weighted by Crippen LogP contribution is -2.44. The molecule has 0 aromatic rings. The van der Waals surface area contributed by atoms with Gasteiger partial charge in [0.1, 0.15) is 5.70 Å². The Morgan fingerprint density at radius 1 is 1.82 bits per heavy atom. The first-order valence-electron chi connectivity index (χ1n) is 3.88. The summed E-state index contributed by atoms with van der Waals surface area (Å²) in [5.74, 6) is -0.188. The summed E-state index contributed by atoms with van der Waals surface area (Å²) in [5.41, 5.74) is 0.767. The zero-order valence-corrected chi connectivity index (χ0v) is 6.54. The van der Waals surface area contributed by atoms with Crippen molar-refractivity contribution >= 4 is 5.97 Å². The van der Waals surface area contributed by atoms with Crippen molar-refractivity contribution in [3.8, 4) is 0 Å². The lowest BCUT2D eigenvalue weighted by Gasteiger charge is -2.38. The van der Waals surface area contributed by atoms with Gasteiger partial charge >= 0.3 is 5.97 Å². The molecule has 3 heteroatoms. The van der Waals surface area contributed by atoms with Crippen LogP contribution in [0.1, 0.15) is 12.8 Å². The van der Waals surface area contributed by atoms with Crippen molar-refractivity contribution in [2.75, 3.05) is 13.7 Å². The standard InChI is InChI=1S/C8H11NO2/c1-11-8(10)7-3-2-6-4-5-9(6)7/h3,6H,2,4-5H2,1H3/t6-/m0/s1. The van der Waals surface area contributed by atoms with Crippen molar-refractivity contribution < 1.29 is 9.53 Å². The van der Waals surface area contributed by atoms with Gasteiger partial charge in [-0.2, -0.15) is 0 Å². The molecule has 1 atom stereocenters. The maximum atomic E-state index is 11.1. The van der Waals surface area contributed by atoms with Gasteiger partial charge in [-0.3, -0.25) is 0 Å². The Bertz CT molecular complexity index is 222. The molecule has 0 radical (unpaired) electrons. The molecule has 2 aliphatic rings. The number of ether oxygens (including phenoxy) is 1. The van der Waals surface area contributed by atoms with Gasteiger partial charge in [-0.25, -0.2) is 4.79 Å². The van der Waals surface area contributed by atoms with Crippen LogP contribution in [0.25, 0.3) is 0 Å². The van der Waals surface area contributed by atoms with Crippen LogP contribution in [0.2, 0.25) is 0 Å². The minimum Gasteiger partial charge on any atom is -0.464 e. The number of carbonyl (C=O) groups excluding carboxylic acids is 1. The van der Waals surface area contributed by atoms with Crippen LogP contribution >= 0.6 is 0 Å². The normalized spacial score (nSPS) is 27.2. The fourth-order valence-electron chi connectivity index (χ4n) is 1.67. The third-order valence-corrected chi connectivity index (χ3v) is 2.43. The van der Waals surface area contributed by atoms with Crippen LogP contribution in [0.5, 0.6) is 0 Å². The SMILES string of the molecule is COC(=O)C1=CC[C@H]2CCN12. The zero-order chi connectivity index (χ0) is 7.84. The number of carbonyl (C=O) groups is 1. The molecule has 0 aromatic heterocycles. The molecule has 0 aromatic carbocycles. The molecule has 0 aliphatic carbocycles. The minimum absolute atomic E-state index is 0.188. The highest BCUT2D eigenvalue weighted by molar-refractivity contribution is 5.88. The Labute approximate surface area is 65.6 Å². The summed E-state index contributed by atoms with van der Waals surface area (Å²) in [6, 6.07) is 0.601. The lowest BCUT2D eigenvalue weighted by atomic mass is 10.0. The average Bonchev–Trinajstić information content (AvgIpc) is 2.25. The second-order valence-corrected chi connectivity index (χ2v) is 2.95. The molecule has 11 heavy (non-hydrogen) atoms. The summed E-state index contributed by atoms with van der Waals surface area (Å²) in [6.45, 7) is 1.02. The molecule has 2 rings (SSSR count). The van der Waals surface area contributed by atoms with E-state index in [2.05, 4.69) is 9.64 Å². The van der Waals surface area contributed by atoms with E-state index in [1.165, 1.54) is 13.5 Å². The first kappa shape index (κ1) is 6.70. The molecule has 2 heterocycles. The van der Waals surface area contributed by atoms with Crippen molar-refractivity contribution in [1.82, 2.24) is 4.90 Å². The first-order chi connectivity index (χ1) is 5.33. The quantitative estimate of drug-likeness (QED) is 0.514. The summed E-state index contributed by atoms with van der Waals surface area (Å²) in [6.07, 6.45) is 4.21. The summed E-state index contributed by atoms with van der Waals surface area (Å²) in [7, 11) is 1.43. The molecule has 0 unspecified atom stereocenters. The predicted octanol–water partition coefficient (Wildman–Crippen LogP) is 0.521. The van der Waals surface area contributed by atoms with Gasteiger partial charge in [0.15, 0.2) is 0 Å². The predicted molar refractivity (Wildman–Crippen MR) is 39.8 cm³/mol. The van der Waals surface area contributed by atoms with Crippen LogP contribution in [0.3, 0.4) is 0 Å². The zero-order valence-electron chi connectivity index (χ0n) is 6.54. The first-order valence-corrected chi connectivity index (χ1v) is 3.88. The molecule has 3 nitrogen and oxygen atoms in total. The molecule has 0 bridgehead atoms. The summed E-state index contributed by atoms with van der Waals surface area (Å²) >= 11 is 0. The van der Waals surface area contributed by atoms with Gasteiger partial charge in [-0.05, 0) is 12.8 Å². The lowest BCUT2D eigenvalue weighted by molar-refractivity contribution is -0.138. The Morgan fingerprint density at radius 3 is 3.09 bits per heavy atom. The van der Waals surface area contributed by atoms with E-state index >= 15 is 0 Å². The Hall–Kier alpha value is -0.990. The maximum Gasteiger partial charge on any atom is 0.353 e. The number of hydrogen-bond donors (Lipinski definition) is 0. The van der Waals surface area contributed by atoms with Crippen molar-refractivity contribution in [2.45, 2.75) is 18.9 Å². The maximum absolute atomic E-state index is 11.1. The molecule has 0 spiro atoms. The highest BCUT2D eigenvalue weighted by Crippen LogP contribution is 2.32. The second kappa shape index (κ2) is 2.26. The topological polar surface area (TPSA) is 29.5 Å². The van der Waals surface area contributed by atoms with E-state index < -0.39 is 0 Å². The smallest absolute Gasteiger partial charge is 0.353 e. The number of fused-ring (bicyclic) bond motifs is 1. The Balaban J connectivity index is 2.09. The average molecular weight is 153 g/mol. The van der Waals surface area contributed by atoms with Gasteiger partial charge in [0.05, 0.1) is 7.11 Å². The van der Waals surface area contributed by atoms with Gasteiger partial charge < -0.3 is 9.64 Å². The van der Waals surface area contributed by atoms with Gasteiger partial charge in [-0.1, -0.05) is 6.08 Å². The van der Waals surface area contributed by atoms with E-state index in [1.807, 2.05) is 6.08 Å². The summed E-state index contributed by atoms with van der Waals surface area (Å²) in [4.78, 5) is 13.2. The number of hydrogen-bond acceptors (Lipinski definition) is 3. The number of esters is 1. The van der Waals surface area contributed by atoms with Gasteiger partial charge in [0, 0.05) is 12.6 Å². The van der Waals surface area contributed by atoms with Gasteiger partial charge in [0.25, 0.3) is 0 Å². The van der Waals surface area contributed by atoms with Crippen molar-refractivity contribution in [3.63, 3.8) is 0 Å². The van der Waals surface area contributed by atoms with E-state index in [0.29, 0.717) is 6.04 Å². The highest BCUT2D eigenvalue weighted by atomic mass is 16.5. The molecular weight excluding hydrogens is 142 g/mol. The Kier molecular flexibility index (Phi) is 1.37. The monoisotopic (exact) mass is 153 g/mol. The fourth-order valence-corrected chi connectivity index (χ4v) is 1.67. The van der Waals surface area contributed by atoms with Crippen LogP contribution in [0.4, 0.5) is 0 Å². The molecular formula is C8H11NO2. The van der Waals surface area contributed by atoms with Crippen LogP contribution in [-0.4, -0.2) is 30.6 Å². The largest absolute Gasteiger partial charge is 0.464 e. The number of rotatable bonds is 1. The van der Waals surface area contributed by atoms with Crippen LogP contribution in [-0.2, 0) is 9.53 Å². The molecule has 0 amide bonds. The van der Waals surface area contributed by atoms with Crippen molar-refractivity contribution in [1.29, 1.82) is 0 Å². The van der Waals surface area contributed by atoms with Crippen LogP contribution in [0, 0.1) is 0 Å². The number of nitrogens with zero attached hydrogens (tertiary/aromatic N) is 1. The van der Waals surface area contributed by atoms with Gasteiger partial charge in [0.2, 0.25) is 0 Å². The fraction of sp³-hybridized carbons (Fsp3) is 0.625. The van der Waals surface area contributed by atoms with Gasteiger partial charge in [-0.15, -0.1) is 0 Å². The van der Waals surface area contributed by atoms with E-state index in [-0.39, 0.29) is 5.97 Å². The summed E-state index contributed by atoms with van der Waals surface area (Å²) < 4.78 is 4.64. The van der Waals surface area contributed by atoms with Crippen LogP contribution < -0.4 is 0 Å². The molecule has 0 saturated carbocycles. The van der Waals surface area contributed by atoms with E-state index in [0.717, 1.165) is 18.7 Å². The molecule has 1 fully saturated rings.